The van der Waals surface area contributed by atoms with E-state index in [1.54, 1.807) is 0 Å². The third-order valence-electron chi connectivity index (χ3n) is 2.54. The SMILES string of the molecule is CCOCCN(C)c1nc2c(N)cccc2o1. The molecule has 2 N–H and O–H groups in total. The molecule has 17 heavy (non-hydrogen) atoms. The van der Waals surface area contributed by atoms with Crippen molar-refractivity contribution in [1.82, 2.24) is 4.98 Å². The summed E-state index contributed by atoms with van der Waals surface area (Å²) in [6.07, 6.45) is 0. The quantitative estimate of drug-likeness (QED) is 0.633. The summed E-state index contributed by atoms with van der Waals surface area (Å²) in [5.74, 6) is 0. The number of nitrogens with two attached hydrogens (primary N) is 1. The van der Waals surface area contributed by atoms with Gasteiger partial charge < -0.3 is 19.8 Å². The fourth-order valence-corrected chi connectivity index (χ4v) is 1.56. The molecule has 0 bridgehead atoms. The van der Waals surface area contributed by atoms with Crippen molar-refractivity contribution in [3.8, 4) is 0 Å². The Labute approximate surface area is 100 Å². The number of anilines is 2. The van der Waals surface area contributed by atoms with Gasteiger partial charge in [-0.2, -0.15) is 4.98 Å². The maximum absolute atomic E-state index is 5.83. The van der Waals surface area contributed by atoms with Crippen molar-refractivity contribution in [3.63, 3.8) is 0 Å². The fourth-order valence-electron chi connectivity index (χ4n) is 1.56. The molecule has 0 saturated carbocycles. The van der Waals surface area contributed by atoms with Crippen LogP contribution in [0, 0.1) is 0 Å². The fraction of sp³-hybridized carbons (Fsp3) is 0.417. The molecule has 0 aliphatic carbocycles. The lowest BCUT2D eigenvalue weighted by atomic mass is 10.3. The van der Waals surface area contributed by atoms with Gasteiger partial charge in [-0.3, -0.25) is 0 Å². The van der Waals surface area contributed by atoms with E-state index in [0.717, 1.165) is 6.54 Å². The number of nitrogen functional groups attached to an aromatic ring is 1. The monoisotopic (exact) mass is 235 g/mol. The van der Waals surface area contributed by atoms with Crippen molar-refractivity contribution in [1.29, 1.82) is 0 Å². The van der Waals surface area contributed by atoms with Crippen LogP contribution in [0.15, 0.2) is 22.6 Å². The molecule has 1 aromatic heterocycles. The maximum Gasteiger partial charge on any atom is 0.298 e. The largest absolute Gasteiger partial charge is 0.423 e. The summed E-state index contributed by atoms with van der Waals surface area (Å²) in [4.78, 5) is 6.28. The van der Waals surface area contributed by atoms with E-state index in [9.17, 15) is 0 Å². The number of nitrogens with zero attached hydrogens (tertiary/aromatic N) is 2. The Kier molecular flexibility index (Phi) is 3.49. The van der Waals surface area contributed by atoms with Gasteiger partial charge in [0, 0.05) is 20.2 Å². The Balaban J connectivity index is 2.16. The molecule has 0 unspecified atom stereocenters. The number of benzene rings is 1. The number of hydrogen-bond donors (Lipinski definition) is 1. The minimum atomic E-state index is 0.567. The van der Waals surface area contributed by atoms with Crippen molar-refractivity contribution in [2.75, 3.05) is 37.4 Å². The predicted molar refractivity (Wildman–Crippen MR) is 68.2 cm³/mol. The molecule has 0 amide bonds. The average Bonchev–Trinajstić information content (AvgIpc) is 2.75. The average molecular weight is 235 g/mol. The first-order chi connectivity index (χ1) is 8.22. The first-order valence-electron chi connectivity index (χ1n) is 5.66. The van der Waals surface area contributed by atoms with E-state index < -0.39 is 0 Å². The van der Waals surface area contributed by atoms with Gasteiger partial charge in [-0.25, -0.2) is 0 Å². The third kappa shape index (κ3) is 2.50. The normalized spacial score (nSPS) is 10.9. The lowest BCUT2D eigenvalue weighted by molar-refractivity contribution is 0.154. The highest BCUT2D eigenvalue weighted by Crippen LogP contribution is 2.25. The number of ether oxygens (including phenoxy) is 1. The standard InChI is InChI=1S/C12H17N3O2/c1-3-16-8-7-15(2)12-14-11-9(13)5-4-6-10(11)17-12/h4-6H,3,7-8,13H2,1-2H3. The van der Waals surface area contributed by atoms with Crippen LogP contribution in [0.2, 0.25) is 0 Å². The second-order valence-corrected chi connectivity index (χ2v) is 3.81. The van der Waals surface area contributed by atoms with Gasteiger partial charge in [0.15, 0.2) is 5.58 Å². The number of oxazole rings is 1. The Morgan fingerprint density at radius 1 is 1.47 bits per heavy atom. The number of likely N-dealkylation sites (N-methyl/N-ethyl adjacent to an activating group) is 1. The molecule has 0 aliphatic heterocycles. The lowest BCUT2D eigenvalue weighted by Crippen LogP contribution is -2.22. The molecule has 0 fully saturated rings. The van der Waals surface area contributed by atoms with Crippen LogP contribution in [0.1, 0.15) is 6.92 Å². The summed E-state index contributed by atoms with van der Waals surface area (Å²) in [7, 11) is 1.92. The minimum absolute atomic E-state index is 0.567. The van der Waals surface area contributed by atoms with Gasteiger partial charge in [-0.05, 0) is 19.1 Å². The van der Waals surface area contributed by atoms with Crippen molar-refractivity contribution in [3.05, 3.63) is 18.2 Å². The molecular formula is C12H17N3O2. The smallest absolute Gasteiger partial charge is 0.298 e. The van der Waals surface area contributed by atoms with Gasteiger partial charge in [0.1, 0.15) is 5.52 Å². The maximum atomic E-state index is 5.83. The third-order valence-corrected chi connectivity index (χ3v) is 2.54. The van der Waals surface area contributed by atoms with Crippen molar-refractivity contribution in [2.45, 2.75) is 6.92 Å². The van der Waals surface area contributed by atoms with E-state index in [0.29, 0.717) is 36.0 Å². The number of para-hydroxylation sites is 1. The van der Waals surface area contributed by atoms with Crippen LogP contribution < -0.4 is 10.6 Å². The number of aromatic nitrogens is 1. The van der Waals surface area contributed by atoms with E-state index in [-0.39, 0.29) is 0 Å². The molecule has 5 heteroatoms. The Morgan fingerprint density at radius 2 is 2.29 bits per heavy atom. The highest BCUT2D eigenvalue weighted by molar-refractivity contribution is 5.86. The minimum Gasteiger partial charge on any atom is -0.423 e. The summed E-state index contributed by atoms with van der Waals surface area (Å²) < 4.78 is 10.9. The summed E-state index contributed by atoms with van der Waals surface area (Å²) in [6.45, 7) is 4.08. The van der Waals surface area contributed by atoms with Crippen LogP contribution in [0.25, 0.3) is 11.1 Å². The zero-order chi connectivity index (χ0) is 12.3. The van der Waals surface area contributed by atoms with E-state index >= 15 is 0 Å². The molecule has 0 saturated heterocycles. The van der Waals surface area contributed by atoms with E-state index in [1.165, 1.54) is 0 Å². The van der Waals surface area contributed by atoms with Gasteiger partial charge in [0.2, 0.25) is 0 Å². The first-order valence-corrected chi connectivity index (χ1v) is 5.66. The molecule has 1 heterocycles. The van der Waals surface area contributed by atoms with E-state index in [4.69, 9.17) is 14.9 Å². The highest BCUT2D eigenvalue weighted by Gasteiger charge is 2.11. The van der Waals surface area contributed by atoms with Crippen LogP contribution in [0.3, 0.4) is 0 Å². The molecule has 2 rings (SSSR count). The van der Waals surface area contributed by atoms with Crippen LogP contribution in [-0.2, 0) is 4.74 Å². The van der Waals surface area contributed by atoms with Crippen LogP contribution in [0.5, 0.6) is 0 Å². The van der Waals surface area contributed by atoms with E-state index in [1.807, 2.05) is 37.1 Å². The Bertz CT molecular complexity index is 495. The number of hydrogen-bond acceptors (Lipinski definition) is 5. The predicted octanol–water partition coefficient (Wildman–Crippen LogP) is 1.88. The second kappa shape index (κ2) is 5.05. The summed E-state index contributed by atoms with van der Waals surface area (Å²) in [5.41, 5.74) is 7.89. The molecule has 0 radical (unpaired) electrons. The van der Waals surface area contributed by atoms with Crippen LogP contribution >= 0.6 is 0 Å². The topological polar surface area (TPSA) is 64.5 Å². The molecule has 1 aromatic carbocycles. The Morgan fingerprint density at radius 3 is 3.00 bits per heavy atom. The molecule has 5 nitrogen and oxygen atoms in total. The van der Waals surface area contributed by atoms with Crippen molar-refractivity contribution in [2.24, 2.45) is 0 Å². The zero-order valence-corrected chi connectivity index (χ0v) is 10.1. The number of fused-ring (bicyclic) bond motifs is 1. The summed E-state index contributed by atoms with van der Waals surface area (Å²) >= 11 is 0. The molecule has 2 aromatic rings. The summed E-state index contributed by atoms with van der Waals surface area (Å²) in [5, 5.41) is 0. The van der Waals surface area contributed by atoms with Crippen molar-refractivity contribution < 1.29 is 9.15 Å². The molecule has 0 aliphatic rings. The van der Waals surface area contributed by atoms with Gasteiger partial charge in [0.25, 0.3) is 6.01 Å². The number of rotatable bonds is 5. The molecule has 0 spiro atoms. The molecule has 0 atom stereocenters. The highest BCUT2D eigenvalue weighted by atomic mass is 16.5. The molecular weight excluding hydrogens is 218 g/mol. The summed E-state index contributed by atoms with van der Waals surface area (Å²) in [6, 6.07) is 6.10. The van der Waals surface area contributed by atoms with Gasteiger partial charge in [-0.15, -0.1) is 0 Å². The zero-order valence-electron chi connectivity index (χ0n) is 10.1. The van der Waals surface area contributed by atoms with Crippen LogP contribution in [-0.4, -0.2) is 31.8 Å². The van der Waals surface area contributed by atoms with Crippen LogP contribution in [0.4, 0.5) is 11.7 Å². The van der Waals surface area contributed by atoms with Gasteiger partial charge in [-0.1, -0.05) is 6.07 Å². The Hall–Kier alpha value is -1.75. The van der Waals surface area contributed by atoms with Crippen molar-refractivity contribution >= 4 is 22.8 Å². The van der Waals surface area contributed by atoms with Gasteiger partial charge >= 0.3 is 0 Å². The van der Waals surface area contributed by atoms with Gasteiger partial charge in [0.05, 0.1) is 12.3 Å². The first kappa shape index (κ1) is 11.7. The van der Waals surface area contributed by atoms with E-state index in [2.05, 4.69) is 4.98 Å². The molecule has 92 valence electrons. The lowest BCUT2D eigenvalue weighted by Gasteiger charge is -2.13. The second-order valence-electron chi connectivity index (χ2n) is 3.81.